The lowest BCUT2D eigenvalue weighted by Gasteiger charge is -2.30. The monoisotopic (exact) mass is 778 g/mol. The molecule has 0 aliphatic carbocycles. The van der Waals surface area contributed by atoms with Crippen LogP contribution in [0.5, 0.6) is 0 Å². The van der Waals surface area contributed by atoms with E-state index in [0.29, 0.717) is 32.2 Å². The Bertz CT molecular complexity index is 1450. The zero-order valence-electron chi connectivity index (χ0n) is 30.4. The number of thiol groups is 2. The molecule has 7 amide bonds. The number of nitrogens with one attached hydrogen (secondary N) is 6. The maximum atomic E-state index is 14.0. The van der Waals surface area contributed by atoms with Crippen molar-refractivity contribution < 1.29 is 38.7 Å². The van der Waals surface area contributed by atoms with E-state index in [2.05, 4.69) is 57.2 Å². The van der Waals surface area contributed by atoms with E-state index in [9.17, 15) is 38.7 Å². The van der Waals surface area contributed by atoms with Gasteiger partial charge in [0.1, 0.15) is 42.3 Å². The van der Waals surface area contributed by atoms with Crippen LogP contribution in [0.25, 0.3) is 0 Å². The first-order valence-electron chi connectivity index (χ1n) is 18.0. The molecule has 2 aliphatic rings. The number of rotatable bonds is 10. The van der Waals surface area contributed by atoms with Gasteiger partial charge in [0.05, 0.1) is 6.10 Å². The number of carbonyl (C=O) groups is 7. The Hall–Kier alpha value is -3.87. The first-order chi connectivity index (χ1) is 25.2. The molecule has 0 radical (unpaired) electrons. The number of nitrogens with zero attached hydrogens (tertiary/aromatic N) is 1. The number of benzene rings is 1. The van der Waals surface area contributed by atoms with Gasteiger partial charge in [-0.15, -0.1) is 0 Å². The molecule has 0 spiro atoms. The van der Waals surface area contributed by atoms with Crippen LogP contribution in [0, 0.1) is 5.92 Å². The number of amides is 7. The quantitative estimate of drug-likeness (QED) is 0.0948. The first-order valence-corrected chi connectivity index (χ1v) is 19.2. The van der Waals surface area contributed by atoms with Crippen molar-refractivity contribution >= 4 is 66.6 Å². The Labute approximate surface area is 321 Å². The summed E-state index contributed by atoms with van der Waals surface area (Å²) >= 11 is 8.48. The second kappa shape index (κ2) is 21.1. The van der Waals surface area contributed by atoms with Crippen molar-refractivity contribution in [1.82, 2.24) is 36.8 Å². The zero-order chi connectivity index (χ0) is 39.2. The summed E-state index contributed by atoms with van der Waals surface area (Å²) < 4.78 is 0. The van der Waals surface area contributed by atoms with Crippen LogP contribution in [-0.4, -0.2) is 124 Å². The normalized spacial score (nSPS) is 27.7. The van der Waals surface area contributed by atoms with Gasteiger partial charge in [-0.1, -0.05) is 44.2 Å². The van der Waals surface area contributed by atoms with Crippen LogP contribution in [0.1, 0.15) is 58.4 Å². The third kappa shape index (κ3) is 12.3. The molecule has 1 aromatic carbocycles. The van der Waals surface area contributed by atoms with Gasteiger partial charge in [0, 0.05) is 24.5 Å². The molecule has 1 aromatic rings. The van der Waals surface area contributed by atoms with E-state index in [4.69, 9.17) is 5.73 Å². The third-order valence-corrected chi connectivity index (χ3v) is 9.99. The number of hydrogen-bond acceptors (Lipinski definition) is 11. The molecule has 2 heterocycles. The van der Waals surface area contributed by atoms with Gasteiger partial charge in [-0.3, -0.25) is 33.6 Å². The molecule has 2 saturated heterocycles. The smallest absolute Gasteiger partial charge is 0.246 e. The second-order valence-corrected chi connectivity index (χ2v) is 14.5. The van der Waals surface area contributed by atoms with Gasteiger partial charge in [0.2, 0.25) is 41.4 Å². The molecule has 0 unspecified atom stereocenters. The molecule has 9 N–H and O–H groups in total. The van der Waals surface area contributed by atoms with Gasteiger partial charge in [0.25, 0.3) is 0 Å². The van der Waals surface area contributed by atoms with Gasteiger partial charge >= 0.3 is 0 Å². The van der Waals surface area contributed by atoms with Gasteiger partial charge in [0.15, 0.2) is 0 Å². The molecule has 2 fully saturated rings. The average molecular weight is 779 g/mol. The van der Waals surface area contributed by atoms with Gasteiger partial charge < -0.3 is 47.6 Å². The van der Waals surface area contributed by atoms with E-state index in [1.807, 2.05) is 6.07 Å². The summed E-state index contributed by atoms with van der Waals surface area (Å²) in [6.45, 7) is 5.22. The van der Waals surface area contributed by atoms with Crippen LogP contribution in [0.3, 0.4) is 0 Å². The van der Waals surface area contributed by atoms with E-state index in [1.54, 1.807) is 38.1 Å². The Morgan fingerprint density at radius 3 is 1.87 bits per heavy atom. The molecule has 294 valence electrons. The number of unbranched alkanes of at least 4 members (excludes halogenated alkanes) is 1. The number of hydrogen-bond donors (Lipinski definition) is 10. The molecule has 2 aliphatic heterocycles. The van der Waals surface area contributed by atoms with Crippen LogP contribution in [0.2, 0.25) is 0 Å². The van der Waals surface area contributed by atoms with Crippen molar-refractivity contribution in [3.63, 3.8) is 0 Å². The van der Waals surface area contributed by atoms with Crippen LogP contribution in [-0.2, 0) is 40.0 Å². The molecule has 53 heavy (non-hydrogen) atoms. The van der Waals surface area contributed by atoms with Gasteiger partial charge in [-0.05, 0) is 57.1 Å². The van der Waals surface area contributed by atoms with Crippen molar-refractivity contribution in [2.24, 2.45) is 11.7 Å². The minimum absolute atomic E-state index is 0.0673. The molecule has 3 rings (SSSR count). The molecule has 0 saturated carbocycles. The van der Waals surface area contributed by atoms with Crippen LogP contribution in [0.4, 0.5) is 0 Å². The highest BCUT2D eigenvalue weighted by molar-refractivity contribution is 7.80. The van der Waals surface area contributed by atoms with Crippen molar-refractivity contribution in [3.8, 4) is 0 Å². The minimum Gasteiger partial charge on any atom is -0.391 e. The van der Waals surface area contributed by atoms with Gasteiger partial charge in [-0.2, -0.15) is 25.3 Å². The Balaban J connectivity index is 2.07. The fourth-order valence-electron chi connectivity index (χ4n) is 6.21. The van der Waals surface area contributed by atoms with E-state index in [1.165, 1.54) is 11.8 Å². The first kappa shape index (κ1) is 43.5. The van der Waals surface area contributed by atoms with Crippen molar-refractivity contribution in [2.75, 3.05) is 24.6 Å². The fraction of sp³-hybridized carbons (Fsp3) is 0.629. The van der Waals surface area contributed by atoms with Gasteiger partial charge in [-0.25, -0.2) is 0 Å². The number of nitrogens with two attached hydrogens (primary N) is 1. The highest BCUT2D eigenvalue weighted by Gasteiger charge is 2.40. The maximum Gasteiger partial charge on any atom is 0.246 e. The number of carbonyl (C=O) groups excluding carboxylic acids is 7. The fourth-order valence-corrected chi connectivity index (χ4v) is 6.72. The maximum absolute atomic E-state index is 14.0. The predicted octanol–water partition coefficient (Wildman–Crippen LogP) is -1.83. The van der Waals surface area contributed by atoms with E-state index >= 15 is 0 Å². The predicted molar refractivity (Wildman–Crippen MR) is 204 cm³/mol. The topological polar surface area (TPSA) is 241 Å². The minimum atomic E-state index is -1.55. The summed E-state index contributed by atoms with van der Waals surface area (Å²) in [6.07, 6.45) is 0.483. The van der Waals surface area contributed by atoms with Crippen LogP contribution in [0.15, 0.2) is 30.3 Å². The van der Waals surface area contributed by atoms with Crippen molar-refractivity contribution in [2.45, 2.75) is 108 Å². The highest BCUT2D eigenvalue weighted by atomic mass is 32.1. The van der Waals surface area contributed by atoms with E-state index < -0.39 is 95.7 Å². The molecule has 0 aromatic heterocycles. The lowest BCUT2D eigenvalue weighted by molar-refractivity contribution is -0.142. The largest absolute Gasteiger partial charge is 0.391 e. The Kier molecular flexibility index (Phi) is 17.4. The lowest BCUT2D eigenvalue weighted by atomic mass is 9.99. The lowest BCUT2D eigenvalue weighted by Crippen LogP contribution is -2.62. The number of fused-ring (bicyclic) bond motifs is 1. The molecule has 0 bridgehead atoms. The van der Waals surface area contributed by atoms with Crippen LogP contribution >= 0.6 is 25.3 Å². The Morgan fingerprint density at radius 2 is 1.26 bits per heavy atom. The summed E-state index contributed by atoms with van der Waals surface area (Å²) in [7, 11) is 0. The molecule has 8 atom stereocenters. The highest BCUT2D eigenvalue weighted by Crippen LogP contribution is 2.20. The third-order valence-electron chi connectivity index (χ3n) is 9.26. The molecular formula is C35H54N8O8S2. The van der Waals surface area contributed by atoms with Crippen molar-refractivity contribution in [3.05, 3.63) is 35.9 Å². The summed E-state index contributed by atoms with van der Waals surface area (Å²) in [6, 6.07) is 0.450. The summed E-state index contributed by atoms with van der Waals surface area (Å²) in [5.41, 5.74) is 6.40. The standard InChI is InChI=1S/C35H54N8O8S2/c1-19(2)27-33(49)37-22(12-7-8-14-36)29(45)42-28(20(3)44)34(50)39-24(17-52)31(47)40-25(18-53)35(51)43-15-9-13-26(43)32(48)38-23(30(46)41-27)16-21-10-5-4-6-11-21/h4-6,10-11,19-20,22-28,44,52-53H,7-9,12-18,36H2,1-3H3,(H,37,49)(H,38,48)(H,39,50)(H,40,47)(H,41,46)(H,42,45)/t20-,22+,23+,24+,25+,26+,27+,28+/m1/s1. The SMILES string of the molecule is CC(C)[C@@H]1NC(=O)[C@H](Cc2ccccc2)NC(=O)[C@@H]2CCCN2C(=O)[C@H](CS)NC(=O)[C@H](CS)NC(=O)[C@H]([C@@H](C)O)NC(=O)[C@H](CCCCN)NC1=O. The number of aliphatic hydroxyl groups is 1. The zero-order valence-corrected chi connectivity index (χ0v) is 32.2. The van der Waals surface area contributed by atoms with E-state index in [-0.39, 0.29) is 30.9 Å². The summed E-state index contributed by atoms with van der Waals surface area (Å²) in [5.74, 6) is -5.84. The van der Waals surface area contributed by atoms with E-state index in [0.717, 1.165) is 5.56 Å². The molecule has 16 nitrogen and oxygen atoms in total. The number of aliphatic hydroxyl groups excluding tert-OH is 1. The van der Waals surface area contributed by atoms with Crippen molar-refractivity contribution in [1.29, 1.82) is 0 Å². The van der Waals surface area contributed by atoms with Crippen LogP contribution < -0.4 is 37.6 Å². The summed E-state index contributed by atoms with van der Waals surface area (Å²) in [4.78, 5) is 97.3. The molecular weight excluding hydrogens is 725 g/mol. The Morgan fingerprint density at radius 1 is 0.717 bits per heavy atom. The molecule has 18 heteroatoms. The summed E-state index contributed by atoms with van der Waals surface area (Å²) in [5, 5.41) is 26.3. The average Bonchev–Trinajstić information content (AvgIpc) is 3.63. The second-order valence-electron chi connectivity index (χ2n) is 13.7.